The predicted molar refractivity (Wildman–Crippen MR) is 69.9 cm³/mol. The summed E-state index contributed by atoms with van der Waals surface area (Å²) in [4.78, 5) is 20.5. The molecule has 1 aromatic carbocycles. The maximum Gasteiger partial charge on any atom is 0.321 e. The summed E-state index contributed by atoms with van der Waals surface area (Å²) >= 11 is 7.20. The lowest BCUT2D eigenvalue weighted by Crippen LogP contribution is -2.32. The number of aliphatic carboxylic acids is 1. The smallest absolute Gasteiger partial charge is 0.321 e. The fourth-order valence-electron chi connectivity index (χ4n) is 1.13. The first-order valence-corrected chi connectivity index (χ1v) is 6.44. The molecule has 0 fully saturated rings. The predicted octanol–water partition coefficient (Wildman–Crippen LogP) is 1.89. The minimum atomic E-state index is -1.06. The molecule has 0 aliphatic carbocycles. The van der Waals surface area contributed by atoms with Gasteiger partial charge in [0.2, 0.25) is 0 Å². The summed E-state index contributed by atoms with van der Waals surface area (Å²) in [5.41, 5.74) is 5.98. The SMILES string of the molecule is N[C@H](CSCc1ccc([N+](=O)[O-])cc1Cl)C(=O)O. The van der Waals surface area contributed by atoms with Crippen LogP contribution in [0, 0.1) is 10.1 Å². The maximum atomic E-state index is 10.5. The molecular formula is C10H11ClN2O4S. The van der Waals surface area contributed by atoms with Gasteiger partial charge in [-0.2, -0.15) is 11.8 Å². The van der Waals surface area contributed by atoms with E-state index in [9.17, 15) is 14.9 Å². The van der Waals surface area contributed by atoms with Gasteiger partial charge < -0.3 is 10.8 Å². The van der Waals surface area contributed by atoms with Crippen molar-refractivity contribution in [3.05, 3.63) is 38.9 Å². The summed E-state index contributed by atoms with van der Waals surface area (Å²) in [7, 11) is 0. The van der Waals surface area contributed by atoms with E-state index in [1.165, 1.54) is 23.9 Å². The second-order valence-corrected chi connectivity index (χ2v) is 4.93. The highest BCUT2D eigenvalue weighted by Crippen LogP contribution is 2.25. The van der Waals surface area contributed by atoms with Crippen molar-refractivity contribution in [2.45, 2.75) is 11.8 Å². The van der Waals surface area contributed by atoms with Crippen molar-refractivity contribution in [3.8, 4) is 0 Å². The Labute approximate surface area is 112 Å². The summed E-state index contributed by atoms with van der Waals surface area (Å²) in [6.45, 7) is 0. The van der Waals surface area contributed by atoms with Crippen molar-refractivity contribution in [2.24, 2.45) is 5.73 Å². The number of carboxylic acids is 1. The van der Waals surface area contributed by atoms with Crippen LogP contribution in [0.25, 0.3) is 0 Å². The van der Waals surface area contributed by atoms with Crippen LogP contribution in [0.5, 0.6) is 0 Å². The molecule has 1 rings (SSSR count). The number of carboxylic acid groups (broad SMARTS) is 1. The minimum absolute atomic E-state index is 0.0732. The van der Waals surface area contributed by atoms with Gasteiger partial charge in [0.25, 0.3) is 5.69 Å². The standard InChI is InChI=1S/C10H11ClN2O4S/c11-8-3-7(13(16)17)2-1-6(8)4-18-5-9(12)10(14)15/h1-3,9H,4-5,12H2,(H,14,15)/t9-/m1/s1. The van der Waals surface area contributed by atoms with Crippen molar-refractivity contribution in [2.75, 3.05) is 5.75 Å². The number of non-ortho nitro benzene ring substituents is 1. The normalized spacial score (nSPS) is 12.1. The first-order valence-electron chi connectivity index (χ1n) is 4.90. The fourth-order valence-corrected chi connectivity index (χ4v) is 2.44. The molecule has 0 amide bonds. The van der Waals surface area contributed by atoms with E-state index in [2.05, 4.69) is 0 Å². The number of nitro groups is 1. The Hall–Kier alpha value is -1.31. The van der Waals surface area contributed by atoms with Gasteiger partial charge in [0.1, 0.15) is 6.04 Å². The molecule has 0 aromatic heterocycles. The number of nitrogens with zero attached hydrogens (tertiary/aromatic N) is 1. The Bertz CT molecular complexity index is 469. The van der Waals surface area contributed by atoms with Crippen molar-refractivity contribution < 1.29 is 14.8 Å². The van der Waals surface area contributed by atoms with Crippen LogP contribution in [0.1, 0.15) is 5.56 Å². The van der Waals surface area contributed by atoms with Crippen LogP contribution in [0.4, 0.5) is 5.69 Å². The molecule has 0 aliphatic heterocycles. The second-order valence-electron chi connectivity index (χ2n) is 3.49. The zero-order valence-corrected chi connectivity index (χ0v) is 10.8. The molecule has 1 aromatic rings. The first-order chi connectivity index (χ1) is 8.41. The molecule has 0 unspecified atom stereocenters. The molecule has 0 saturated carbocycles. The largest absolute Gasteiger partial charge is 0.480 e. The van der Waals surface area contributed by atoms with Gasteiger partial charge in [-0.3, -0.25) is 14.9 Å². The molecule has 6 nitrogen and oxygen atoms in total. The topological polar surface area (TPSA) is 106 Å². The lowest BCUT2D eigenvalue weighted by Gasteiger charge is -2.07. The third-order valence-electron chi connectivity index (χ3n) is 2.12. The van der Waals surface area contributed by atoms with Crippen LogP contribution in [0.2, 0.25) is 5.02 Å². The number of nitro benzene ring substituents is 1. The Kier molecular flexibility index (Phi) is 5.39. The lowest BCUT2D eigenvalue weighted by molar-refractivity contribution is -0.384. The quantitative estimate of drug-likeness (QED) is 0.612. The number of hydrogen-bond acceptors (Lipinski definition) is 5. The van der Waals surface area contributed by atoms with E-state index in [4.69, 9.17) is 22.4 Å². The van der Waals surface area contributed by atoms with E-state index < -0.39 is 16.9 Å². The highest BCUT2D eigenvalue weighted by atomic mass is 35.5. The number of benzene rings is 1. The molecule has 3 N–H and O–H groups in total. The molecule has 8 heteroatoms. The lowest BCUT2D eigenvalue weighted by atomic mass is 10.2. The van der Waals surface area contributed by atoms with Crippen LogP contribution >= 0.6 is 23.4 Å². The first kappa shape index (κ1) is 14.7. The summed E-state index contributed by atoms with van der Waals surface area (Å²) in [6.07, 6.45) is 0. The van der Waals surface area contributed by atoms with E-state index in [1.54, 1.807) is 6.07 Å². The number of rotatable bonds is 6. The van der Waals surface area contributed by atoms with Gasteiger partial charge in [0, 0.05) is 23.6 Å². The molecule has 1 atom stereocenters. The van der Waals surface area contributed by atoms with Crippen molar-refractivity contribution in [3.63, 3.8) is 0 Å². The summed E-state index contributed by atoms with van der Waals surface area (Å²) in [5.74, 6) is -0.349. The maximum absolute atomic E-state index is 10.5. The van der Waals surface area contributed by atoms with Crippen molar-refractivity contribution in [1.29, 1.82) is 0 Å². The monoisotopic (exact) mass is 290 g/mol. The summed E-state index contributed by atoms with van der Waals surface area (Å²) in [6, 6.07) is 3.26. The zero-order valence-electron chi connectivity index (χ0n) is 9.21. The molecule has 0 heterocycles. The highest BCUT2D eigenvalue weighted by Gasteiger charge is 2.13. The van der Waals surface area contributed by atoms with Gasteiger partial charge in [-0.05, 0) is 11.6 Å². The third-order valence-corrected chi connectivity index (χ3v) is 3.58. The molecular weight excluding hydrogens is 280 g/mol. The third kappa shape index (κ3) is 4.17. The Morgan fingerprint density at radius 1 is 1.61 bits per heavy atom. The number of thioether (sulfide) groups is 1. The molecule has 0 radical (unpaired) electrons. The molecule has 0 bridgehead atoms. The fraction of sp³-hybridized carbons (Fsp3) is 0.300. The Morgan fingerprint density at radius 2 is 2.28 bits per heavy atom. The zero-order chi connectivity index (χ0) is 13.7. The number of halogens is 1. The van der Waals surface area contributed by atoms with E-state index >= 15 is 0 Å². The number of carbonyl (C=O) groups is 1. The van der Waals surface area contributed by atoms with Gasteiger partial charge in [-0.25, -0.2) is 0 Å². The van der Waals surface area contributed by atoms with Crippen LogP contribution < -0.4 is 5.73 Å². The van der Waals surface area contributed by atoms with Crippen LogP contribution in [-0.2, 0) is 10.5 Å². The van der Waals surface area contributed by atoms with E-state index in [1.807, 2.05) is 0 Å². The number of hydrogen-bond donors (Lipinski definition) is 2. The van der Waals surface area contributed by atoms with Gasteiger partial charge in [-0.15, -0.1) is 0 Å². The van der Waals surface area contributed by atoms with Crippen LogP contribution in [0.3, 0.4) is 0 Å². The Balaban J connectivity index is 2.58. The van der Waals surface area contributed by atoms with Crippen molar-refractivity contribution in [1.82, 2.24) is 0 Å². The number of nitrogens with two attached hydrogens (primary N) is 1. The van der Waals surface area contributed by atoms with Crippen LogP contribution in [-0.4, -0.2) is 27.8 Å². The molecule has 98 valence electrons. The van der Waals surface area contributed by atoms with Gasteiger partial charge in [0.05, 0.1) is 9.95 Å². The molecule has 18 heavy (non-hydrogen) atoms. The van der Waals surface area contributed by atoms with Crippen molar-refractivity contribution >= 4 is 35.0 Å². The summed E-state index contributed by atoms with van der Waals surface area (Å²) < 4.78 is 0. The average molecular weight is 291 g/mol. The molecule has 0 aliphatic rings. The second kappa shape index (κ2) is 6.58. The highest BCUT2D eigenvalue weighted by molar-refractivity contribution is 7.98. The van der Waals surface area contributed by atoms with E-state index in [0.717, 1.165) is 0 Å². The minimum Gasteiger partial charge on any atom is -0.480 e. The van der Waals surface area contributed by atoms with Crippen LogP contribution in [0.15, 0.2) is 18.2 Å². The summed E-state index contributed by atoms with van der Waals surface area (Å²) in [5, 5.41) is 19.4. The van der Waals surface area contributed by atoms with Gasteiger partial charge in [0.15, 0.2) is 0 Å². The molecule has 0 spiro atoms. The van der Waals surface area contributed by atoms with E-state index in [-0.39, 0.29) is 11.4 Å². The Morgan fingerprint density at radius 3 is 2.78 bits per heavy atom. The average Bonchev–Trinajstić information content (AvgIpc) is 2.30. The molecule has 0 saturated heterocycles. The van der Waals surface area contributed by atoms with Gasteiger partial charge in [-0.1, -0.05) is 11.6 Å². The van der Waals surface area contributed by atoms with Gasteiger partial charge >= 0.3 is 5.97 Å². The van der Waals surface area contributed by atoms with E-state index in [0.29, 0.717) is 16.3 Å².